The molecule has 2 aromatic carbocycles. The molecule has 0 fully saturated rings. The molecule has 2 aromatic rings. The van der Waals surface area contributed by atoms with Crippen LogP contribution in [-0.4, -0.2) is 44.0 Å². The van der Waals surface area contributed by atoms with E-state index < -0.39 is 0 Å². The van der Waals surface area contributed by atoms with Gasteiger partial charge < -0.3 is 19.3 Å². The summed E-state index contributed by atoms with van der Waals surface area (Å²) in [5.41, 5.74) is 2.06. The first-order chi connectivity index (χ1) is 15.6. The molecule has 0 heterocycles. The number of rotatable bonds is 15. The highest BCUT2D eigenvalue weighted by Gasteiger charge is 2.29. The van der Waals surface area contributed by atoms with E-state index in [2.05, 4.69) is 30.5 Å². The Morgan fingerprint density at radius 3 is 2.16 bits per heavy atom. The first kappa shape index (κ1) is 25.8. The van der Waals surface area contributed by atoms with E-state index in [1.54, 1.807) is 21.3 Å². The monoisotopic (exact) mass is 441 g/mol. The predicted octanol–water partition coefficient (Wildman–Crippen LogP) is 5.77. The molecule has 5 nitrogen and oxygen atoms in total. The van der Waals surface area contributed by atoms with Gasteiger partial charge >= 0.3 is 0 Å². The van der Waals surface area contributed by atoms with Crippen LogP contribution in [0.2, 0.25) is 0 Å². The number of hydrogen-bond donors (Lipinski definition) is 1. The number of aliphatic hydroxyl groups excluding tert-OH is 1. The van der Waals surface area contributed by atoms with Gasteiger partial charge in [-0.25, -0.2) is 0 Å². The molecule has 0 aromatic heterocycles. The van der Waals surface area contributed by atoms with E-state index in [9.17, 15) is 5.11 Å². The van der Waals surface area contributed by atoms with Gasteiger partial charge in [-0.3, -0.25) is 4.90 Å². The molecule has 32 heavy (non-hydrogen) atoms. The van der Waals surface area contributed by atoms with E-state index in [4.69, 9.17) is 14.2 Å². The highest BCUT2D eigenvalue weighted by molar-refractivity contribution is 5.50. The number of hydrogen-bond acceptors (Lipinski definition) is 5. The van der Waals surface area contributed by atoms with Crippen LogP contribution in [0, 0.1) is 0 Å². The maximum absolute atomic E-state index is 10.5. The molecule has 5 heteroatoms. The molecule has 2 rings (SSSR count). The highest BCUT2D eigenvalue weighted by atomic mass is 16.5. The fourth-order valence-electron chi connectivity index (χ4n) is 4.29. The van der Waals surface area contributed by atoms with E-state index in [-0.39, 0.29) is 12.6 Å². The molecular formula is C27H39NO4. The molecule has 0 saturated heterocycles. The second-order valence-corrected chi connectivity index (χ2v) is 7.95. The van der Waals surface area contributed by atoms with Gasteiger partial charge in [0, 0.05) is 24.7 Å². The Morgan fingerprint density at radius 2 is 1.66 bits per heavy atom. The van der Waals surface area contributed by atoms with Gasteiger partial charge in [-0.2, -0.15) is 0 Å². The van der Waals surface area contributed by atoms with Gasteiger partial charge in [0.15, 0.2) is 0 Å². The molecule has 0 aliphatic carbocycles. The molecule has 0 spiro atoms. The lowest BCUT2D eigenvalue weighted by atomic mass is 9.96. The van der Waals surface area contributed by atoms with Crippen molar-refractivity contribution in [3.8, 4) is 17.2 Å². The SMILES string of the molecule is C=CCCC[C@@H](CCC)N(Cc1c(OC)cc(OC)cc1OC)[C@@H](CO)c1ccccc1. The van der Waals surface area contributed by atoms with Gasteiger partial charge in [-0.05, 0) is 31.2 Å². The molecule has 176 valence electrons. The Morgan fingerprint density at radius 1 is 1.00 bits per heavy atom. The van der Waals surface area contributed by atoms with Crippen LogP contribution in [0.5, 0.6) is 17.2 Å². The quantitative estimate of drug-likeness (QED) is 0.281. The summed E-state index contributed by atoms with van der Waals surface area (Å²) in [5.74, 6) is 2.13. The standard InChI is InChI=1S/C27H39NO4/c1-6-8-10-16-22(13-7-2)28(25(20-29)21-14-11-9-12-15-21)19-24-26(31-4)17-23(30-3)18-27(24)32-5/h6,9,11-12,14-15,17-18,22,25,29H,1,7-8,10,13,16,19-20H2,2-5H3/t22-,25+/m1/s1. The van der Waals surface area contributed by atoms with E-state index in [0.717, 1.165) is 54.7 Å². The van der Waals surface area contributed by atoms with Crippen molar-refractivity contribution in [3.63, 3.8) is 0 Å². The maximum atomic E-state index is 10.5. The summed E-state index contributed by atoms with van der Waals surface area (Å²) in [7, 11) is 4.96. The minimum Gasteiger partial charge on any atom is -0.496 e. The Bertz CT molecular complexity index is 784. The third-order valence-corrected chi connectivity index (χ3v) is 5.95. The zero-order chi connectivity index (χ0) is 23.3. The molecule has 2 atom stereocenters. The van der Waals surface area contributed by atoms with Gasteiger partial charge in [0.1, 0.15) is 17.2 Å². The van der Waals surface area contributed by atoms with Crippen molar-refractivity contribution in [2.45, 2.75) is 57.7 Å². The normalized spacial score (nSPS) is 12.9. The molecule has 0 unspecified atom stereocenters. The minimum atomic E-state index is -0.131. The molecular weight excluding hydrogens is 402 g/mol. The van der Waals surface area contributed by atoms with Crippen molar-refractivity contribution in [2.75, 3.05) is 27.9 Å². The van der Waals surface area contributed by atoms with Crippen molar-refractivity contribution in [1.29, 1.82) is 0 Å². The summed E-state index contributed by atoms with van der Waals surface area (Å²) in [6.45, 7) is 6.72. The Balaban J connectivity index is 2.53. The first-order valence-electron chi connectivity index (χ1n) is 11.4. The second-order valence-electron chi connectivity index (χ2n) is 7.95. The van der Waals surface area contributed by atoms with E-state index in [1.807, 2.05) is 36.4 Å². The van der Waals surface area contributed by atoms with Crippen LogP contribution >= 0.6 is 0 Å². The van der Waals surface area contributed by atoms with Gasteiger partial charge in [-0.1, -0.05) is 49.8 Å². The van der Waals surface area contributed by atoms with Crippen molar-refractivity contribution in [2.24, 2.45) is 0 Å². The van der Waals surface area contributed by atoms with E-state index >= 15 is 0 Å². The number of methoxy groups -OCH3 is 3. The number of allylic oxidation sites excluding steroid dienone is 1. The van der Waals surface area contributed by atoms with Gasteiger partial charge in [0.25, 0.3) is 0 Å². The fraction of sp³-hybridized carbons (Fsp3) is 0.481. The fourth-order valence-corrected chi connectivity index (χ4v) is 4.29. The summed E-state index contributed by atoms with van der Waals surface area (Å²) >= 11 is 0. The molecule has 0 amide bonds. The number of unbranched alkanes of at least 4 members (excludes halogenated alkanes) is 1. The van der Waals surface area contributed by atoms with Gasteiger partial charge in [-0.15, -0.1) is 6.58 Å². The Labute approximate surface area is 193 Å². The zero-order valence-electron chi connectivity index (χ0n) is 20.0. The van der Waals surface area contributed by atoms with E-state index in [1.165, 1.54) is 0 Å². The van der Waals surface area contributed by atoms with Crippen molar-refractivity contribution in [1.82, 2.24) is 4.90 Å². The second kappa shape index (κ2) is 13.8. The molecule has 0 aliphatic heterocycles. The third kappa shape index (κ3) is 6.75. The Hall–Kier alpha value is -2.50. The summed E-state index contributed by atoms with van der Waals surface area (Å²) in [4.78, 5) is 2.41. The third-order valence-electron chi connectivity index (χ3n) is 5.95. The number of aliphatic hydroxyl groups is 1. The van der Waals surface area contributed by atoms with Crippen LogP contribution in [0.3, 0.4) is 0 Å². The molecule has 1 N–H and O–H groups in total. The van der Waals surface area contributed by atoms with Gasteiger partial charge in [0.2, 0.25) is 0 Å². The summed E-state index contributed by atoms with van der Waals surface area (Å²) in [6, 6.07) is 14.2. The van der Waals surface area contributed by atoms with Crippen LogP contribution in [0.1, 0.15) is 56.2 Å². The highest BCUT2D eigenvalue weighted by Crippen LogP contribution is 2.38. The summed E-state index contributed by atoms with van der Waals surface area (Å²) < 4.78 is 16.9. The largest absolute Gasteiger partial charge is 0.496 e. The molecule has 0 saturated carbocycles. The van der Waals surface area contributed by atoms with E-state index in [0.29, 0.717) is 18.3 Å². The van der Waals surface area contributed by atoms with Crippen molar-refractivity contribution in [3.05, 3.63) is 66.2 Å². The van der Waals surface area contributed by atoms with Crippen LogP contribution in [-0.2, 0) is 6.54 Å². The zero-order valence-corrected chi connectivity index (χ0v) is 20.0. The van der Waals surface area contributed by atoms with Gasteiger partial charge in [0.05, 0.1) is 39.5 Å². The maximum Gasteiger partial charge on any atom is 0.130 e. The summed E-state index contributed by atoms with van der Waals surface area (Å²) in [5, 5.41) is 10.5. The molecule has 0 radical (unpaired) electrons. The molecule has 0 aliphatic rings. The van der Waals surface area contributed by atoms with Crippen LogP contribution in [0.15, 0.2) is 55.1 Å². The summed E-state index contributed by atoms with van der Waals surface area (Å²) in [6.07, 6.45) is 7.17. The lowest BCUT2D eigenvalue weighted by molar-refractivity contribution is 0.0634. The van der Waals surface area contributed by atoms with Crippen LogP contribution in [0.25, 0.3) is 0 Å². The minimum absolute atomic E-state index is 0.0342. The van der Waals surface area contributed by atoms with Crippen molar-refractivity contribution >= 4 is 0 Å². The van der Waals surface area contributed by atoms with Crippen LogP contribution < -0.4 is 14.2 Å². The topological polar surface area (TPSA) is 51.2 Å². The average Bonchev–Trinajstić information content (AvgIpc) is 2.84. The number of nitrogens with zero attached hydrogens (tertiary/aromatic N) is 1. The Kier molecular flexibility index (Phi) is 11.1. The lowest BCUT2D eigenvalue weighted by Gasteiger charge is -2.38. The number of benzene rings is 2. The lowest BCUT2D eigenvalue weighted by Crippen LogP contribution is -2.40. The number of ether oxygens (including phenoxy) is 3. The average molecular weight is 442 g/mol. The smallest absolute Gasteiger partial charge is 0.130 e. The molecule has 0 bridgehead atoms. The van der Waals surface area contributed by atoms with Crippen LogP contribution in [0.4, 0.5) is 0 Å². The van der Waals surface area contributed by atoms with Crippen molar-refractivity contribution < 1.29 is 19.3 Å². The first-order valence-corrected chi connectivity index (χ1v) is 11.4. The predicted molar refractivity (Wildman–Crippen MR) is 131 cm³/mol.